The number of hydrogen-bond donors (Lipinski definition) is 1. The molecule has 0 fully saturated rings. The molecule has 0 aliphatic carbocycles. The fourth-order valence-electron chi connectivity index (χ4n) is 1.99. The standard InChI is InChI=1S/C13H17N3/c1-4-5-11-15-12-9(3)6-8(2)7-10(12)13(14)16-11/h6-7H,4-5H2,1-3H3,(H2,14,15,16). The normalized spacial score (nSPS) is 10.9. The molecule has 1 aromatic carbocycles. The summed E-state index contributed by atoms with van der Waals surface area (Å²) >= 11 is 0. The molecule has 3 heteroatoms. The second-order valence-corrected chi connectivity index (χ2v) is 4.25. The van der Waals surface area contributed by atoms with Crippen LogP contribution in [0, 0.1) is 13.8 Å². The van der Waals surface area contributed by atoms with Crippen LogP contribution in [0.25, 0.3) is 10.9 Å². The van der Waals surface area contributed by atoms with Crippen molar-refractivity contribution in [1.82, 2.24) is 9.97 Å². The Balaban J connectivity index is 2.71. The lowest BCUT2D eigenvalue weighted by Crippen LogP contribution is -2.02. The molecule has 0 spiro atoms. The molecule has 3 nitrogen and oxygen atoms in total. The van der Waals surface area contributed by atoms with Crippen LogP contribution in [0.1, 0.15) is 30.3 Å². The summed E-state index contributed by atoms with van der Waals surface area (Å²) in [6.45, 7) is 6.25. The van der Waals surface area contributed by atoms with Crippen molar-refractivity contribution in [3.05, 3.63) is 29.1 Å². The molecule has 0 aliphatic heterocycles. The summed E-state index contributed by atoms with van der Waals surface area (Å²) in [7, 11) is 0. The van der Waals surface area contributed by atoms with Crippen molar-refractivity contribution in [3.63, 3.8) is 0 Å². The number of nitrogens with two attached hydrogens (primary N) is 1. The van der Waals surface area contributed by atoms with Gasteiger partial charge < -0.3 is 5.73 Å². The van der Waals surface area contributed by atoms with Gasteiger partial charge in [-0.25, -0.2) is 9.97 Å². The number of aryl methyl sites for hydroxylation is 3. The van der Waals surface area contributed by atoms with Gasteiger partial charge in [-0.05, 0) is 37.5 Å². The Morgan fingerprint density at radius 1 is 1.19 bits per heavy atom. The summed E-state index contributed by atoms with van der Waals surface area (Å²) in [5.41, 5.74) is 9.33. The predicted octanol–water partition coefficient (Wildman–Crippen LogP) is 2.78. The second-order valence-electron chi connectivity index (χ2n) is 4.25. The zero-order chi connectivity index (χ0) is 11.7. The Labute approximate surface area is 95.7 Å². The molecule has 0 aliphatic rings. The van der Waals surface area contributed by atoms with Crippen molar-refractivity contribution in [1.29, 1.82) is 0 Å². The monoisotopic (exact) mass is 215 g/mol. The van der Waals surface area contributed by atoms with Gasteiger partial charge in [0, 0.05) is 11.8 Å². The van der Waals surface area contributed by atoms with Gasteiger partial charge in [-0.1, -0.05) is 13.0 Å². The lowest BCUT2D eigenvalue weighted by Gasteiger charge is -2.08. The highest BCUT2D eigenvalue weighted by Crippen LogP contribution is 2.23. The molecule has 0 atom stereocenters. The average molecular weight is 215 g/mol. The fourth-order valence-corrected chi connectivity index (χ4v) is 1.99. The van der Waals surface area contributed by atoms with Crippen LogP contribution >= 0.6 is 0 Å². The van der Waals surface area contributed by atoms with Crippen molar-refractivity contribution in [2.24, 2.45) is 0 Å². The minimum Gasteiger partial charge on any atom is -0.383 e. The van der Waals surface area contributed by atoms with Crippen molar-refractivity contribution in [2.45, 2.75) is 33.6 Å². The molecule has 2 rings (SSSR count). The maximum atomic E-state index is 5.97. The zero-order valence-electron chi connectivity index (χ0n) is 10.0. The number of nitrogen functional groups attached to an aromatic ring is 1. The van der Waals surface area contributed by atoms with Gasteiger partial charge in [-0.15, -0.1) is 0 Å². The quantitative estimate of drug-likeness (QED) is 0.838. The SMILES string of the molecule is CCCc1nc(N)c2cc(C)cc(C)c2n1. The van der Waals surface area contributed by atoms with Crippen molar-refractivity contribution >= 4 is 16.7 Å². The van der Waals surface area contributed by atoms with Crippen LogP contribution in [0.5, 0.6) is 0 Å². The van der Waals surface area contributed by atoms with Gasteiger partial charge in [-0.2, -0.15) is 0 Å². The summed E-state index contributed by atoms with van der Waals surface area (Å²) in [4.78, 5) is 8.92. The molecule has 2 aromatic rings. The fraction of sp³-hybridized carbons (Fsp3) is 0.385. The van der Waals surface area contributed by atoms with E-state index in [9.17, 15) is 0 Å². The van der Waals surface area contributed by atoms with Crippen LogP contribution in [-0.4, -0.2) is 9.97 Å². The number of hydrogen-bond acceptors (Lipinski definition) is 3. The molecule has 0 radical (unpaired) electrons. The molecule has 0 unspecified atom stereocenters. The lowest BCUT2D eigenvalue weighted by molar-refractivity contribution is 0.846. The van der Waals surface area contributed by atoms with Gasteiger partial charge in [0.1, 0.15) is 11.6 Å². The molecule has 1 heterocycles. The Hall–Kier alpha value is -1.64. The Morgan fingerprint density at radius 3 is 2.62 bits per heavy atom. The van der Waals surface area contributed by atoms with Crippen LogP contribution in [0.15, 0.2) is 12.1 Å². The van der Waals surface area contributed by atoms with E-state index in [0.717, 1.165) is 29.6 Å². The first-order valence-electron chi connectivity index (χ1n) is 5.65. The highest BCUT2D eigenvalue weighted by Gasteiger charge is 2.07. The van der Waals surface area contributed by atoms with Crippen LogP contribution in [0.2, 0.25) is 0 Å². The number of rotatable bonds is 2. The van der Waals surface area contributed by atoms with E-state index in [0.29, 0.717) is 5.82 Å². The number of aromatic nitrogens is 2. The van der Waals surface area contributed by atoms with E-state index < -0.39 is 0 Å². The van der Waals surface area contributed by atoms with Crippen molar-refractivity contribution < 1.29 is 0 Å². The average Bonchev–Trinajstić information content (AvgIpc) is 2.20. The molecule has 1 aromatic heterocycles. The number of nitrogens with zero attached hydrogens (tertiary/aromatic N) is 2. The molecule has 0 amide bonds. The minimum atomic E-state index is 0.597. The molecular formula is C13H17N3. The Bertz CT molecular complexity index is 532. The first kappa shape index (κ1) is 10.9. The van der Waals surface area contributed by atoms with E-state index in [1.165, 1.54) is 11.1 Å². The molecular weight excluding hydrogens is 198 g/mol. The first-order chi connectivity index (χ1) is 7.61. The third-order valence-corrected chi connectivity index (χ3v) is 2.68. The molecule has 16 heavy (non-hydrogen) atoms. The van der Waals surface area contributed by atoms with E-state index in [1.807, 2.05) is 6.07 Å². The summed E-state index contributed by atoms with van der Waals surface area (Å²) < 4.78 is 0. The van der Waals surface area contributed by atoms with Gasteiger partial charge >= 0.3 is 0 Å². The highest BCUT2D eigenvalue weighted by molar-refractivity contribution is 5.90. The number of fused-ring (bicyclic) bond motifs is 1. The topological polar surface area (TPSA) is 51.8 Å². The third-order valence-electron chi connectivity index (χ3n) is 2.68. The van der Waals surface area contributed by atoms with Crippen LogP contribution < -0.4 is 5.73 Å². The summed E-state index contributed by atoms with van der Waals surface area (Å²) in [6.07, 6.45) is 1.92. The van der Waals surface area contributed by atoms with E-state index in [-0.39, 0.29) is 0 Å². The zero-order valence-corrected chi connectivity index (χ0v) is 10.0. The van der Waals surface area contributed by atoms with Crippen molar-refractivity contribution in [3.8, 4) is 0 Å². The summed E-state index contributed by atoms with van der Waals surface area (Å²) in [5, 5.41) is 0.970. The highest BCUT2D eigenvalue weighted by atomic mass is 14.9. The van der Waals surface area contributed by atoms with Gasteiger partial charge in [-0.3, -0.25) is 0 Å². The second kappa shape index (κ2) is 4.08. The molecule has 0 saturated carbocycles. The lowest BCUT2D eigenvalue weighted by atomic mass is 10.1. The van der Waals surface area contributed by atoms with E-state index in [1.54, 1.807) is 0 Å². The Morgan fingerprint density at radius 2 is 1.94 bits per heavy atom. The predicted molar refractivity (Wildman–Crippen MR) is 67.4 cm³/mol. The third kappa shape index (κ3) is 1.85. The smallest absolute Gasteiger partial charge is 0.135 e. The maximum absolute atomic E-state index is 5.97. The van der Waals surface area contributed by atoms with E-state index >= 15 is 0 Å². The van der Waals surface area contributed by atoms with Gasteiger partial charge in [0.05, 0.1) is 5.52 Å². The van der Waals surface area contributed by atoms with Gasteiger partial charge in [0.15, 0.2) is 0 Å². The number of anilines is 1. The molecule has 84 valence electrons. The van der Waals surface area contributed by atoms with Crippen LogP contribution in [-0.2, 0) is 6.42 Å². The summed E-state index contributed by atoms with van der Waals surface area (Å²) in [5.74, 6) is 1.44. The van der Waals surface area contributed by atoms with Gasteiger partial charge in [0.25, 0.3) is 0 Å². The first-order valence-corrected chi connectivity index (χ1v) is 5.65. The maximum Gasteiger partial charge on any atom is 0.135 e. The van der Waals surface area contributed by atoms with Gasteiger partial charge in [0.2, 0.25) is 0 Å². The van der Waals surface area contributed by atoms with E-state index in [2.05, 4.69) is 36.8 Å². The molecule has 2 N–H and O–H groups in total. The van der Waals surface area contributed by atoms with Crippen LogP contribution in [0.4, 0.5) is 5.82 Å². The number of benzene rings is 1. The Kier molecular flexibility index (Phi) is 2.77. The molecule has 0 saturated heterocycles. The summed E-state index contributed by atoms with van der Waals surface area (Å²) in [6, 6.07) is 4.18. The van der Waals surface area contributed by atoms with E-state index in [4.69, 9.17) is 5.73 Å². The largest absolute Gasteiger partial charge is 0.383 e. The van der Waals surface area contributed by atoms with Crippen molar-refractivity contribution in [2.75, 3.05) is 5.73 Å². The molecule has 0 bridgehead atoms. The minimum absolute atomic E-state index is 0.597. The van der Waals surface area contributed by atoms with Crippen LogP contribution in [0.3, 0.4) is 0 Å².